The number of aromatic amines is 1. The lowest BCUT2D eigenvalue weighted by Gasteiger charge is -2.34. The zero-order valence-corrected chi connectivity index (χ0v) is 14.1. The first kappa shape index (κ1) is 15.1. The summed E-state index contributed by atoms with van der Waals surface area (Å²) >= 11 is 6.22. The number of halogens is 1. The smallest absolute Gasteiger partial charge is 0.290 e. The van der Waals surface area contributed by atoms with Crippen molar-refractivity contribution in [3.8, 4) is 0 Å². The fraction of sp³-hybridized carbons (Fsp3) is 0.294. The van der Waals surface area contributed by atoms with E-state index in [1.807, 2.05) is 30.9 Å². The van der Waals surface area contributed by atoms with Crippen LogP contribution in [-0.2, 0) is 6.42 Å². The van der Waals surface area contributed by atoms with E-state index in [2.05, 4.69) is 19.9 Å². The maximum absolute atomic E-state index is 12.9. The lowest BCUT2D eigenvalue weighted by molar-refractivity contribution is 0.0665. The molecule has 0 unspecified atom stereocenters. The van der Waals surface area contributed by atoms with E-state index in [1.165, 1.54) is 0 Å². The highest BCUT2D eigenvalue weighted by molar-refractivity contribution is 6.34. The summed E-state index contributed by atoms with van der Waals surface area (Å²) in [6.45, 7) is 4.47. The molecule has 1 N–H and O–H groups in total. The van der Waals surface area contributed by atoms with E-state index in [-0.39, 0.29) is 17.8 Å². The van der Waals surface area contributed by atoms with E-state index in [4.69, 9.17) is 11.6 Å². The quantitative estimate of drug-likeness (QED) is 0.738. The minimum Gasteiger partial charge on any atom is -0.331 e. The molecule has 122 valence electrons. The number of carbonyl (C=O) groups is 1. The molecule has 0 saturated carbocycles. The molecule has 3 aromatic heterocycles. The molecule has 0 bridgehead atoms. The minimum absolute atomic E-state index is 0.0478. The van der Waals surface area contributed by atoms with Crippen molar-refractivity contribution in [1.82, 2.24) is 24.8 Å². The molecule has 0 aliphatic carbocycles. The molecule has 24 heavy (non-hydrogen) atoms. The number of pyridine rings is 2. The van der Waals surface area contributed by atoms with E-state index in [0.717, 1.165) is 23.4 Å². The number of H-pyrrole nitrogens is 1. The Morgan fingerprint density at radius 2 is 2.25 bits per heavy atom. The van der Waals surface area contributed by atoms with E-state index in [1.54, 1.807) is 12.3 Å². The Bertz CT molecular complexity index is 951. The van der Waals surface area contributed by atoms with Crippen molar-refractivity contribution < 1.29 is 4.79 Å². The molecule has 3 aromatic rings. The van der Waals surface area contributed by atoms with Crippen LogP contribution < -0.4 is 0 Å². The van der Waals surface area contributed by atoms with Crippen molar-refractivity contribution in [2.75, 3.05) is 6.54 Å². The van der Waals surface area contributed by atoms with Gasteiger partial charge < -0.3 is 9.88 Å². The van der Waals surface area contributed by atoms with E-state index in [0.29, 0.717) is 22.7 Å². The molecule has 1 aliphatic heterocycles. The first-order valence-corrected chi connectivity index (χ1v) is 8.20. The fourth-order valence-electron chi connectivity index (χ4n) is 3.21. The Hall–Kier alpha value is -2.47. The number of fused-ring (bicyclic) bond motifs is 2. The number of rotatable bonds is 1. The van der Waals surface area contributed by atoms with Crippen LogP contribution in [0.3, 0.4) is 0 Å². The summed E-state index contributed by atoms with van der Waals surface area (Å²) in [6, 6.07) is 5.62. The van der Waals surface area contributed by atoms with Crippen molar-refractivity contribution in [2.24, 2.45) is 0 Å². The van der Waals surface area contributed by atoms with Gasteiger partial charge in [0.2, 0.25) is 0 Å². The van der Waals surface area contributed by atoms with Gasteiger partial charge in [-0.15, -0.1) is 0 Å². The molecule has 4 rings (SSSR count). The van der Waals surface area contributed by atoms with E-state index >= 15 is 0 Å². The van der Waals surface area contributed by atoms with Gasteiger partial charge in [0, 0.05) is 30.6 Å². The predicted octanol–water partition coefficient (Wildman–Crippen LogP) is 3.07. The van der Waals surface area contributed by atoms with Gasteiger partial charge in [-0.05, 0) is 31.5 Å². The fourth-order valence-corrected chi connectivity index (χ4v) is 3.50. The third-order valence-corrected chi connectivity index (χ3v) is 4.74. The molecule has 0 spiro atoms. The highest BCUT2D eigenvalue weighted by Gasteiger charge is 2.30. The molecule has 1 amide bonds. The molecule has 0 radical (unpaired) electrons. The number of nitrogens with zero attached hydrogens (tertiary/aromatic N) is 4. The van der Waals surface area contributed by atoms with Crippen LogP contribution in [0, 0.1) is 6.92 Å². The van der Waals surface area contributed by atoms with Gasteiger partial charge in [0.1, 0.15) is 5.52 Å². The predicted molar refractivity (Wildman–Crippen MR) is 91.0 cm³/mol. The zero-order chi connectivity index (χ0) is 16.8. The van der Waals surface area contributed by atoms with Crippen LogP contribution in [0.5, 0.6) is 0 Å². The van der Waals surface area contributed by atoms with Crippen molar-refractivity contribution in [3.05, 3.63) is 52.2 Å². The standard InChI is InChI=1S/C17H16ClN5O/c1-9-8-12(18)14-15(20-9)22-16(21-14)17(24)23-7-5-13-11(10(23)2)4-3-6-19-13/h3-4,6,8,10H,5,7H2,1-2H3,(H,20,21,22)/t10-/m1/s1. The second kappa shape index (κ2) is 5.56. The second-order valence-electron chi connectivity index (χ2n) is 5.99. The van der Waals surface area contributed by atoms with Gasteiger partial charge >= 0.3 is 0 Å². The van der Waals surface area contributed by atoms with Crippen LogP contribution in [0.4, 0.5) is 0 Å². The summed E-state index contributed by atoms with van der Waals surface area (Å²) in [7, 11) is 0. The third kappa shape index (κ3) is 2.34. The molecule has 6 nitrogen and oxygen atoms in total. The van der Waals surface area contributed by atoms with Gasteiger partial charge in [-0.2, -0.15) is 0 Å². The third-order valence-electron chi connectivity index (χ3n) is 4.44. The lowest BCUT2D eigenvalue weighted by atomic mass is 9.98. The van der Waals surface area contributed by atoms with E-state index < -0.39 is 0 Å². The van der Waals surface area contributed by atoms with Gasteiger partial charge in [0.15, 0.2) is 11.5 Å². The average molecular weight is 342 g/mol. The monoisotopic (exact) mass is 341 g/mol. The Kier molecular flexibility index (Phi) is 3.49. The number of hydrogen-bond donors (Lipinski definition) is 1. The van der Waals surface area contributed by atoms with Crippen molar-refractivity contribution in [2.45, 2.75) is 26.3 Å². The molecule has 0 saturated heterocycles. The molecule has 1 aliphatic rings. The summed E-state index contributed by atoms with van der Waals surface area (Å²) in [5, 5.41) is 0.519. The molecule has 4 heterocycles. The summed E-state index contributed by atoms with van der Waals surface area (Å²) < 4.78 is 0. The summed E-state index contributed by atoms with van der Waals surface area (Å²) in [4.78, 5) is 30.8. The number of aryl methyl sites for hydroxylation is 1. The topological polar surface area (TPSA) is 74.8 Å². The molecule has 0 aromatic carbocycles. The summed E-state index contributed by atoms with van der Waals surface area (Å²) in [6.07, 6.45) is 2.53. The van der Waals surface area contributed by atoms with Gasteiger partial charge in [0.05, 0.1) is 11.1 Å². The van der Waals surface area contributed by atoms with Gasteiger partial charge in [0.25, 0.3) is 5.91 Å². The maximum Gasteiger partial charge on any atom is 0.290 e. The number of carbonyl (C=O) groups excluding carboxylic acids is 1. The Labute approximate surface area is 143 Å². The Morgan fingerprint density at radius 1 is 1.42 bits per heavy atom. The first-order chi connectivity index (χ1) is 11.5. The van der Waals surface area contributed by atoms with Crippen LogP contribution in [0.25, 0.3) is 11.2 Å². The summed E-state index contributed by atoms with van der Waals surface area (Å²) in [5.41, 5.74) is 3.97. The number of imidazole rings is 1. The number of nitrogens with one attached hydrogen (secondary N) is 1. The SMILES string of the molecule is Cc1cc(Cl)c2[nH]c(C(=O)N3CCc4ncccc4[C@H]3C)nc2n1. The molecular weight excluding hydrogens is 326 g/mol. The lowest BCUT2D eigenvalue weighted by Crippen LogP contribution is -2.39. The normalized spacial score (nSPS) is 17.1. The van der Waals surface area contributed by atoms with Gasteiger partial charge in [-0.3, -0.25) is 9.78 Å². The second-order valence-corrected chi connectivity index (χ2v) is 6.40. The van der Waals surface area contributed by atoms with Gasteiger partial charge in [-0.1, -0.05) is 17.7 Å². The first-order valence-electron chi connectivity index (χ1n) is 7.82. The minimum atomic E-state index is -0.149. The Balaban J connectivity index is 1.71. The highest BCUT2D eigenvalue weighted by atomic mass is 35.5. The molecule has 7 heteroatoms. The largest absolute Gasteiger partial charge is 0.331 e. The highest BCUT2D eigenvalue weighted by Crippen LogP contribution is 2.29. The Morgan fingerprint density at radius 3 is 3.08 bits per heavy atom. The number of amides is 1. The van der Waals surface area contributed by atoms with Gasteiger partial charge in [-0.25, -0.2) is 9.97 Å². The van der Waals surface area contributed by atoms with Crippen molar-refractivity contribution in [3.63, 3.8) is 0 Å². The van der Waals surface area contributed by atoms with Crippen LogP contribution in [0.2, 0.25) is 5.02 Å². The van der Waals surface area contributed by atoms with Crippen LogP contribution >= 0.6 is 11.6 Å². The van der Waals surface area contributed by atoms with E-state index in [9.17, 15) is 4.79 Å². The zero-order valence-electron chi connectivity index (χ0n) is 13.4. The maximum atomic E-state index is 12.9. The van der Waals surface area contributed by atoms with Crippen LogP contribution in [0.1, 0.15) is 40.5 Å². The van der Waals surface area contributed by atoms with Crippen molar-refractivity contribution in [1.29, 1.82) is 0 Å². The van der Waals surface area contributed by atoms with Crippen LogP contribution in [0.15, 0.2) is 24.4 Å². The molecule has 1 atom stereocenters. The molecule has 0 fully saturated rings. The number of aromatic nitrogens is 4. The van der Waals surface area contributed by atoms with Crippen molar-refractivity contribution >= 4 is 28.7 Å². The number of hydrogen-bond acceptors (Lipinski definition) is 4. The summed E-state index contributed by atoms with van der Waals surface area (Å²) in [5.74, 6) is 0.118. The van der Waals surface area contributed by atoms with Crippen LogP contribution in [-0.4, -0.2) is 37.3 Å². The molecular formula is C17H16ClN5O. The average Bonchev–Trinajstić information content (AvgIpc) is 2.99.